The van der Waals surface area contributed by atoms with Crippen LogP contribution < -0.4 is 0 Å². The zero-order valence-corrected chi connectivity index (χ0v) is 10.7. The van der Waals surface area contributed by atoms with Crippen molar-refractivity contribution in [3.8, 4) is 0 Å². The van der Waals surface area contributed by atoms with Crippen molar-refractivity contribution in [2.45, 2.75) is 32.0 Å². The van der Waals surface area contributed by atoms with Gasteiger partial charge in [0, 0.05) is 30.6 Å². The number of carbonyl (C=O) groups excluding carboxylic acids is 1. The molecular weight excluding hydrogens is 249 g/mol. The van der Waals surface area contributed by atoms with Crippen LogP contribution in [0.5, 0.6) is 0 Å². The lowest BCUT2D eigenvalue weighted by molar-refractivity contribution is -0.541. The summed E-state index contributed by atoms with van der Waals surface area (Å²) < 4.78 is 22.5. The van der Waals surface area contributed by atoms with E-state index in [9.17, 15) is 19.5 Å². The molecule has 1 aliphatic rings. The monoisotopic (exact) mass is 265 g/mol. The number of hydrogen-bond donors (Lipinski definition) is 0. The highest BCUT2D eigenvalue weighted by Crippen LogP contribution is 2.63. The summed E-state index contributed by atoms with van der Waals surface area (Å²) in [4.78, 5) is 20.7. The molecule has 0 spiro atoms. The van der Waals surface area contributed by atoms with Crippen LogP contribution in [-0.4, -0.2) is 29.7 Å². The smallest absolute Gasteiger partial charge is 0.303 e. The molecule has 0 aromatic carbocycles. The van der Waals surface area contributed by atoms with E-state index in [0.29, 0.717) is 6.29 Å². The van der Waals surface area contributed by atoms with E-state index in [1.54, 1.807) is 0 Å². The molecule has 1 aliphatic heterocycles. The van der Waals surface area contributed by atoms with Crippen molar-refractivity contribution in [2.24, 2.45) is 5.92 Å². The van der Waals surface area contributed by atoms with Crippen LogP contribution in [0.2, 0.25) is 0 Å². The molecule has 1 rings (SSSR count). The molecule has 0 aliphatic carbocycles. The molecule has 17 heavy (non-hydrogen) atoms. The highest BCUT2D eigenvalue weighted by atomic mass is 31.2. The zero-order valence-electron chi connectivity index (χ0n) is 9.83. The molecule has 0 aromatic rings. The Labute approximate surface area is 99.2 Å². The molecule has 1 fully saturated rings. The fraction of sp³-hybridized carbons (Fsp3) is 0.889. The number of nitrogens with zero attached hydrogens (tertiary/aromatic N) is 1. The van der Waals surface area contributed by atoms with E-state index < -0.39 is 17.8 Å². The molecule has 1 unspecified atom stereocenters. The van der Waals surface area contributed by atoms with E-state index in [4.69, 9.17) is 9.05 Å². The summed E-state index contributed by atoms with van der Waals surface area (Å²) in [6, 6.07) is 0. The maximum atomic E-state index is 12.3. The van der Waals surface area contributed by atoms with Gasteiger partial charge in [0.25, 0.3) is 0 Å². The van der Waals surface area contributed by atoms with Crippen LogP contribution in [0.3, 0.4) is 0 Å². The van der Waals surface area contributed by atoms with Gasteiger partial charge in [0.05, 0.1) is 13.2 Å². The van der Waals surface area contributed by atoms with Crippen molar-refractivity contribution in [2.75, 3.05) is 13.2 Å². The van der Waals surface area contributed by atoms with Crippen LogP contribution in [0.15, 0.2) is 0 Å². The summed E-state index contributed by atoms with van der Waals surface area (Å²) in [5.41, 5.74) is 0. The maximum Gasteiger partial charge on any atom is 0.406 e. The van der Waals surface area contributed by atoms with Gasteiger partial charge in [-0.15, -0.1) is 0 Å². The summed E-state index contributed by atoms with van der Waals surface area (Å²) >= 11 is 0. The number of rotatable bonds is 5. The summed E-state index contributed by atoms with van der Waals surface area (Å²) in [6.07, 6.45) is 0.347. The fourth-order valence-electron chi connectivity index (χ4n) is 1.47. The van der Waals surface area contributed by atoms with Crippen molar-refractivity contribution in [3.63, 3.8) is 0 Å². The van der Waals surface area contributed by atoms with Crippen LogP contribution in [0.1, 0.15) is 26.7 Å². The van der Waals surface area contributed by atoms with E-state index in [-0.39, 0.29) is 32.0 Å². The van der Waals surface area contributed by atoms with Gasteiger partial charge in [-0.25, -0.2) is 0 Å². The molecule has 8 heteroatoms. The van der Waals surface area contributed by atoms with Crippen LogP contribution in [0.25, 0.3) is 0 Å². The second-order valence-electron chi connectivity index (χ2n) is 4.37. The minimum atomic E-state index is -3.82. The molecule has 0 amide bonds. The van der Waals surface area contributed by atoms with E-state index >= 15 is 0 Å². The molecule has 0 saturated carbocycles. The normalized spacial score (nSPS) is 32.7. The topological polar surface area (TPSA) is 95.7 Å². The lowest BCUT2D eigenvalue weighted by Crippen LogP contribution is -2.39. The Bertz CT molecular complexity index is 347. The molecule has 1 heterocycles. The predicted octanol–water partition coefficient (Wildman–Crippen LogP) is 1.83. The van der Waals surface area contributed by atoms with Gasteiger partial charge in [-0.2, -0.15) is 0 Å². The van der Waals surface area contributed by atoms with Gasteiger partial charge in [-0.05, 0) is 0 Å². The SMILES string of the molecule is CC1COP(=O)(C(C)(CCC=O)[N+](=O)[O-])OC1. The van der Waals surface area contributed by atoms with Crippen LogP contribution >= 0.6 is 7.60 Å². The first-order valence-electron chi connectivity index (χ1n) is 5.33. The third-order valence-electron chi connectivity index (χ3n) is 2.78. The van der Waals surface area contributed by atoms with Crippen molar-refractivity contribution < 1.29 is 23.3 Å². The average Bonchev–Trinajstić information content (AvgIpc) is 2.29. The third-order valence-corrected chi connectivity index (χ3v) is 5.32. The standard InChI is InChI=1S/C9H16NO6P/c1-8-6-15-17(14,16-7-8)9(2,10(12)13)4-3-5-11/h5,8H,3-4,6-7H2,1-2H3. The quantitative estimate of drug-likeness (QED) is 0.325. The van der Waals surface area contributed by atoms with Crippen LogP contribution in [-0.2, 0) is 18.4 Å². The second-order valence-corrected chi connectivity index (χ2v) is 6.85. The number of nitro groups is 1. The Balaban J connectivity index is 2.93. The van der Waals surface area contributed by atoms with Crippen molar-refractivity contribution in [1.82, 2.24) is 0 Å². The lowest BCUT2D eigenvalue weighted by Gasteiger charge is -2.33. The van der Waals surface area contributed by atoms with Gasteiger partial charge in [0.2, 0.25) is 0 Å². The molecule has 0 bridgehead atoms. The van der Waals surface area contributed by atoms with Gasteiger partial charge in [-0.1, -0.05) is 6.92 Å². The predicted molar refractivity (Wildman–Crippen MR) is 59.4 cm³/mol. The molecule has 1 atom stereocenters. The highest BCUT2D eigenvalue weighted by Gasteiger charge is 2.59. The van der Waals surface area contributed by atoms with E-state index in [1.165, 1.54) is 6.92 Å². The number of hydrogen-bond acceptors (Lipinski definition) is 6. The Hall–Kier alpha value is -0.780. The maximum absolute atomic E-state index is 12.3. The van der Waals surface area contributed by atoms with Gasteiger partial charge in [0.15, 0.2) is 0 Å². The Morgan fingerprint density at radius 1 is 1.53 bits per heavy atom. The number of aldehydes is 1. The molecule has 98 valence electrons. The molecule has 1 saturated heterocycles. The average molecular weight is 265 g/mol. The van der Waals surface area contributed by atoms with E-state index in [1.807, 2.05) is 6.92 Å². The molecule has 0 radical (unpaired) electrons. The first-order chi connectivity index (χ1) is 7.85. The van der Waals surface area contributed by atoms with Gasteiger partial charge in [-0.3, -0.25) is 14.7 Å². The lowest BCUT2D eigenvalue weighted by atomic mass is 10.2. The third kappa shape index (κ3) is 2.73. The van der Waals surface area contributed by atoms with Crippen molar-refractivity contribution in [3.05, 3.63) is 10.1 Å². The summed E-state index contributed by atoms with van der Waals surface area (Å²) in [6.45, 7) is 3.37. The summed E-state index contributed by atoms with van der Waals surface area (Å²) in [7, 11) is -3.82. The van der Waals surface area contributed by atoms with Crippen molar-refractivity contribution in [1.29, 1.82) is 0 Å². The largest absolute Gasteiger partial charge is 0.406 e. The minimum Gasteiger partial charge on any atom is -0.303 e. The van der Waals surface area contributed by atoms with Gasteiger partial charge in [0.1, 0.15) is 6.29 Å². The minimum absolute atomic E-state index is 0.0518. The Morgan fingerprint density at radius 3 is 2.47 bits per heavy atom. The van der Waals surface area contributed by atoms with Gasteiger partial charge < -0.3 is 13.8 Å². The first kappa shape index (κ1) is 14.3. The Morgan fingerprint density at radius 2 is 2.06 bits per heavy atom. The summed E-state index contributed by atoms with van der Waals surface area (Å²) in [5.74, 6) is 0.0548. The van der Waals surface area contributed by atoms with Crippen molar-refractivity contribution >= 4 is 13.9 Å². The van der Waals surface area contributed by atoms with E-state index in [2.05, 4.69) is 0 Å². The second kappa shape index (κ2) is 5.25. The van der Waals surface area contributed by atoms with Crippen LogP contribution in [0, 0.1) is 16.0 Å². The molecule has 7 nitrogen and oxygen atoms in total. The highest BCUT2D eigenvalue weighted by molar-refractivity contribution is 7.55. The number of carbonyl (C=O) groups is 1. The fourth-order valence-corrected chi connectivity index (χ4v) is 3.61. The van der Waals surface area contributed by atoms with Gasteiger partial charge >= 0.3 is 12.9 Å². The Kier molecular flexibility index (Phi) is 4.41. The molecule has 0 aromatic heterocycles. The first-order valence-corrected chi connectivity index (χ1v) is 6.87. The zero-order chi connectivity index (χ0) is 13.1. The van der Waals surface area contributed by atoms with E-state index in [0.717, 1.165) is 0 Å². The summed E-state index contributed by atoms with van der Waals surface area (Å²) in [5, 5.41) is 9.22. The van der Waals surface area contributed by atoms with Crippen LogP contribution in [0.4, 0.5) is 0 Å². The molecular formula is C9H16NO6P. The molecule has 0 N–H and O–H groups in total.